The first-order chi connectivity index (χ1) is 18.8. The number of hydrogen-bond donors (Lipinski definition) is 1. The predicted octanol–water partition coefficient (Wildman–Crippen LogP) is 4.07. The van der Waals surface area contributed by atoms with Crippen LogP contribution in [0.15, 0.2) is 60.8 Å². The van der Waals surface area contributed by atoms with Crippen molar-refractivity contribution in [1.29, 1.82) is 0 Å². The van der Waals surface area contributed by atoms with E-state index in [-0.39, 0.29) is 17.0 Å². The minimum atomic E-state index is -0.831. The zero-order valence-electron chi connectivity index (χ0n) is 22.4. The number of ether oxygens (including phenoxy) is 2. The van der Waals surface area contributed by atoms with Gasteiger partial charge in [0.2, 0.25) is 0 Å². The molecular formula is C29H31N5O5. The summed E-state index contributed by atoms with van der Waals surface area (Å²) in [7, 11) is 1.53. The molecule has 0 radical (unpaired) electrons. The number of aryl methyl sites for hydroxylation is 3. The van der Waals surface area contributed by atoms with Crippen molar-refractivity contribution < 1.29 is 24.2 Å². The van der Waals surface area contributed by atoms with Crippen molar-refractivity contribution in [3.63, 3.8) is 0 Å². The fraction of sp³-hybridized carbons (Fsp3) is 0.310. The molecule has 0 aliphatic carbocycles. The lowest BCUT2D eigenvalue weighted by atomic mass is 9.96. The highest BCUT2D eigenvalue weighted by Gasteiger charge is 2.46. The number of aliphatic hydroxyl groups is 1. The van der Waals surface area contributed by atoms with E-state index >= 15 is 0 Å². The number of pyridine rings is 1. The summed E-state index contributed by atoms with van der Waals surface area (Å²) >= 11 is 0. The number of benzene rings is 1. The third kappa shape index (κ3) is 4.62. The second kappa shape index (κ2) is 10.6. The molecule has 1 aromatic carbocycles. The molecule has 202 valence electrons. The Bertz CT molecular complexity index is 1570. The average Bonchev–Trinajstić information content (AvgIpc) is 3.64. The number of ketones is 1. The quantitative estimate of drug-likeness (QED) is 0.198. The molecule has 1 fully saturated rings. The van der Waals surface area contributed by atoms with Crippen LogP contribution >= 0.6 is 0 Å². The largest absolute Gasteiger partial charge is 0.505 e. The number of carbonyl (C=O) groups is 2. The second-order valence-corrected chi connectivity index (χ2v) is 9.42. The normalized spacial score (nSPS) is 16.8. The summed E-state index contributed by atoms with van der Waals surface area (Å²) in [5.41, 5.74) is 3.15. The average molecular weight is 530 g/mol. The molecule has 1 aliphatic heterocycles. The van der Waals surface area contributed by atoms with Gasteiger partial charge in [0, 0.05) is 31.7 Å². The lowest BCUT2D eigenvalue weighted by Crippen LogP contribution is -2.31. The Hall–Kier alpha value is -4.60. The number of Topliss-reactive ketones (excluding diaryl/α,β-unsaturated/α-hetero) is 1. The van der Waals surface area contributed by atoms with Gasteiger partial charge in [-0.15, -0.1) is 0 Å². The van der Waals surface area contributed by atoms with Gasteiger partial charge in [-0.1, -0.05) is 12.1 Å². The molecule has 4 heterocycles. The molecule has 1 N–H and O–H groups in total. The summed E-state index contributed by atoms with van der Waals surface area (Å²) in [6.45, 7) is 6.99. The SMILES string of the molecule is CCOc1ccc(C2C(=C(O)c3nc4c(C)cccn4c3C)C(=O)C(=O)N2CCCn2ccnc2)cc1OC. The van der Waals surface area contributed by atoms with Gasteiger partial charge in [0.25, 0.3) is 11.7 Å². The first-order valence-electron chi connectivity index (χ1n) is 12.8. The highest BCUT2D eigenvalue weighted by Crippen LogP contribution is 2.42. The van der Waals surface area contributed by atoms with Crippen LogP contribution in [0.3, 0.4) is 0 Å². The van der Waals surface area contributed by atoms with Crippen LogP contribution in [0.2, 0.25) is 0 Å². The summed E-state index contributed by atoms with van der Waals surface area (Å²) in [6, 6.07) is 8.29. The number of methoxy groups -OCH3 is 1. The van der Waals surface area contributed by atoms with E-state index in [9.17, 15) is 14.7 Å². The molecule has 0 spiro atoms. The van der Waals surface area contributed by atoms with Crippen LogP contribution in [-0.2, 0) is 16.1 Å². The zero-order valence-corrected chi connectivity index (χ0v) is 22.4. The Labute approximate surface area is 226 Å². The van der Waals surface area contributed by atoms with Crippen molar-refractivity contribution in [1.82, 2.24) is 23.8 Å². The van der Waals surface area contributed by atoms with E-state index in [1.165, 1.54) is 12.0 Å². The number of amides is 1. The van der Waals surface area contributed by atoms with Crippen molar-refractivity contribution in [2.45, 2.75) is 39.8 Å². The van der Waals surface area contributed by atoms with Crippen molar-refractivity contribution in [2.24, 2.45) is 0 Å². The third-order valence-corrected chi connectivity index (χ3v) is 7.03. The minimum Gasteiger partial charge on any atom is -0.505 e. The number of hydrogen-bond acceptors (Lipinski definition) is 7. The Morgan fingerprint density at radius 2 is 1.92 bits per heavy atom. The van der Waals surface area contributed by atoms with Crippen molar-refractivity contribution in [3.05, 3.63) is 83.3 Å². The van der Waals surface area contributed by atoms with E-state index in [1.54, 1.807) is 30.7 Å². The predicted molar refractivity (Wildman–Crippen MR) is 145 cm³/mol. The van der Waals surface area contributed by atoms with E-state index in [4.69, 9.17) is 9.47 Å². The standard InChI is InChI=1S/C29H31N5O5/c1-5-39-21-10-9-20(16-22(21)38-4)25-23(26(35)24-19(3)33-13-6-8-18(2)28(33)31-24)27(36)29(37)34(25)14-7-12-32-15-11-30-17-32/h6,8-11,13,15-17,25,35H,5,7,12,14H2,1-4H3. The molecule has 1 unspecified atom stereocenters. The first-order valence-corrected chi connectivity index (χ1v) is 12.8. The molecule has 4 aromatic rings. The Morgan fingerprint density at radius 3 is 2.62 bits per heavy atom. The summed E-state index contributed by atoms with van der Waals surface area (Å²) in [5, 5.41) is 11.6. The van der Waals surface area contributed by atoms with Gasteiger partial charge in [0.05, 0.1) is 37.4 Å². The van der Waals surface area contributed by atoms with E-state index in [1.807, 2.05) is 54.3 Å². The van der Waals surface area contributed by atoms with Crippen LogP contribution in [0.25, 0.3) is 11.4 Å². The second-order valence-electron chi connectivity index (χ2n) is 9.42. The maximum absolute atomic E-state index is 13.5. The highest BCUT2D eigenvalue weighted by molar-refractivity contribution is 6.46. The molecule has 1 aliphatic rings. The van der Waals surface area contributed by atoms with Gasteiger partial charge in [0.1, 0.15) is 11.3 Å². The molecule has 0 bridgehead atoms. The van der Waals surface area contributed by atoms with Crippen molar-refractivity contribution in [3.8, 4) is 11.5 Å². The monoisotopic (exact) mass is 529 g/mol. The Kier molecular flexibility index (Phi) is 7.10. The fourth-order valence-electron chi connectivity index (χ4n) is 5.10. The van der Waals surface area contributed by atoms with Gasteiger partial charge in [-0.3, -0.25) is 9.59 Å². The van der Waals surface area contributed by atoms with Crippen LogP contribution in [0.5, 0.6) is 11.5 Å². The summed E-state index contributed by atoms with van der Waals surface area (Å²) in [4.78, 5) is 37.1. The van der Waals surface area contributed by atoms with Gasteiger partial charge < -0.3 is 28.4 Å². The number of imidazole rings is 2. The molecule has 1 atom stereocenters. The van der Waals surface area contributed by atoms with Gasteiger partial charge in [0.15, 0.2) is 17.3 Å². The van der Waals surface area contributed by atoms with Crippen LogP contribution in [0, 0.1) is 13.8 Å². The van der Waals surface area contributed by atoms with Crippen molar-refractivity contribution >= 4 is 23.1 Å². The fourth-order valence-corrected chi connectivity index (χ4v) is 5.10. The molecule has 39 heavy (non-hydrogen) atoms. The minimum absolute atomic E-state index is 0.00185. The molecule has 1 amide bonds. The molecular weight excluding hydrogens is 498 g/mol. The van der Waals surface area contributed by atoms with Crippen LogP contribution in [0.4, 0.5) is 0 Å². The van der Waals surface area contributed by atoms with Gasteiger partial charge in [-0.05, 0) is 56.5 Å². The lowest BCUT2D eigenvalue weighted by Gasteiger charge is -2.26. The summed E-state index contributed by atoms with van der Waals surface area (Å²) < 4.78 is 15.0. The number of aliphatic hydroxyl groups excluding tert-OH is 1. The molecule has 10 nitrogen and oxygen atoms in total. The molecule has 3 aromatic heterocycles. The number of rotatable bonds is 9. The number of carbonyl (C=O) groups excluding carboxylic acids is 2. The maximum Gasteiger partial charge on any atom is 0.295 e. The number of fused-ring (bicyclic) bond motifs is 1. The summed E-state index contributed by atoms with van der Waals surface area (Å²) in [6.07, 6.45) is 7.68. The van der Waals surface area contributed by atoms with E-state index in [2.05, 4.69) is 9.97 Å². The van der Waals surface area contributed by atoms with Crippen molar-refractivity contribution in [2.75, 3.05) is 20.3 Å². The number of likely N-dealkylation sites (tertiary alicyclic amines) is 1. The lowest BCUT2D eigenvalue weighted by molar-refractivity contribution is -0.139. The highest BCUT2D eigenvalue weighted by atomic mass is 16.5. The van der Waals surface area contributed by atoms with E-state index in [0.29, 0.717) is 54.5 Å². The number of nitrogens with zero attached hydrogens (tertiary/aromatic N) is 5. The number of aromatic nitrogens is 4. The Balaban J connectivity index is 1.63. The third-order valence-electron chi connectivity index (χ3n) is 7.03. The molecule has 1 saturated heterocycles. The van der Waals surface area contributed by atoms with Crippen LogP contribution in [-0.4, -0.2) is 60.9 Å². The van der Waals surface area contributed by atoms with Crippen LogP contribution < -0.4 is 9.47 Å². The molecule has 5 rings (SSSR count). The molecule has 0 saturated carbocycles. The van der Waals surface area contributed by atoms with Gasteiger partial charge >= 0.3 is 0 Å². The van der Waals surface area contributed by atoms with Crippen LogP contribution in [0.1, 0.15) is 41.9 Å². The molecule has 10 heteroatoms. The first kappa shape index (κ1) is 26.0. The van der Waals surface area contributed by atoms with E-state index in [0.717, 1.165) is 5.56 Å². The van der Waals surface area contributed by atoms with Gasteiger partial charge in [-0.25, -0.2) is 9.97 Å². The smallest absolute Gasteiger partial charge is 0.295 e. The zero-order chi connectivity index (χ0) is 27.7. The van der Waals surface area contributed by atoms with E-state index < -0.39 is 17.7 Å². The summed E-state index contributed by atoms with van der Waals surface area (Å²) in [5.74, 6) is -0.701. The Morgan fingerprint density at radius 1 is 1.10 bits per heavy atom. The topological polar surface area (TPSA) is 111 Å². The van der Waals surface area contributed by atoms with Gasteiger partial charge in [-0.2, -0.15) is 0 Å². The maximum atomic E-state index is 13.5.